The minimum Gasteiger partial charge on any atom is -0.292 e. The molecule has 2 aromatic carbocycles. The van der Waals surface area contributed by atoms with E-state index in [9.17, 15) is 13.2 Å². The van der Waals surface area contributed by atoms with Gasteiger partial charge in [-0.15, -0.1) is 11.8 Å². The van der Waals surface area contributed by atoms with Crippen molar-refractivity contribution in [2.75, 3.05) is 12.3 Å². The fourth-order valence-corrected chi connectivity index (χ4v) is 5.99. The van der Waals surface area contributed by atoms with E-state index in [1.54, 1.807) is 10.9 Å². The quantitative estimate of drug-likeness (QED) is 0.414. The maximum atomic E-state index is 13.4. The standard InChI is InChI=1S/C22H21ClF3N3S2/c1-2-7-30-21-27-12-18(31-21)9-14-3-6-20-16(8-14)11-28-29(20)13-15-4-5-17(23)10-19(15)22(24,25)26/h3-6,8-11,21,27H,2,7,12-13H2,1H3. The monoisotopic (exact) mass is 483 g/mol. The molecule has 31 heavy (non-hydrogen) atoms. The topological polar surface area (TPSA) is 29.9 Å². The van der Waals surface area contributed by atoms with Crippen molar-refractivity contribution in [3.63, 3.8) is 0 Å². The lowest BCUT2D eigenvalue weighted by molar-refractivity contribution is -0.138. The molecule has 0 saturated carbocycles. The number of halogens is 4. The predicted octanol–water partition coefficient (Wildman–Crippen LogP) is 6.86. The van der Waals surface area contributed by atoms with Crippen LogP contribution < -0.4 is 5.32 Å². The van der Waals surface area contributed by atoms with Crippen molar-refractivity contribution in [1.29, 1.82) is 0 Å². The van der Waals surface area contributed by atoms with Crippen LogP contribution in [0.3, 0.4) is 0 Å². The number of aromatic nitrogens is 2. The van der Waals surface area contributed by atoms with E-state index in [-0.39, 0.29) is 17.1 Å². The number of benzene rings is 2. The summed E-state index contributed by atoms with van der Waals surface area (Å²) in [6.07, 6.45) is 0.536. The zero-order valence-electron chi connectivity index (χ0n) is 16.7. The highest BCUT2D eigenvalue weighted by Crippen LogP contribution is 2.36. The van der Waals surface area contributed by atoms with Gasteiger partial charge in [0.15, 0.2) is 0 Å². The summed E-state index contributed by atoms with van der Waals surface area (Å²) >= 11 is 9.54. The van der Waals surface area contributed by atoms with E-state index in [2.05, 4.69) is 23.4 Å². The van der Waals surface area contributed by atoms with Gasteiger partial charge >= 0.3 is 6.18 Å². The molecule has 3 aromatic rings. The van der Waals surface area contributed by atoms with Gasteiger partial charge in [0.25, 0.3) is 0 Å². The Morgan fingerprint density at radius 2 is 2.13 bits per heavy atom. The maximum Gasteiger partial charge on any atom is 0.416 e. The third-order valence-corrected chi connectivity index (χ3v) is 7.86. The smallest absolute Gasteiger partial charge is 0.292 e. The van der Waals surface area contributed by atoms with Crippen molar-refractivity contribution in [2.24, 2.45) is 0 Å². The fourth-order valence-electron chi connectivity index (χ4n) is 3.43. The summed E-state index contributed by atoms with van der Waals surface area (Å²) in [5.74, 6) is 1.13. The van der Waals surface area contributed by atoms with Gasteiger partial charge in [-0.05, 0) is 53.6 Å². The van der Waals surface area contributed by atoms with E-state index in [0.717, 1.165) is 41.3 Å². The molecule has 1 aromatic heterocycles. The highest BCUT2D eigenvalue weighted by Gasteiger charge is 2.33. The number of fused-ring (bicyclic) bond motifs is 1. The third kappa shape index (κ3) is 5.42. The molecule has 1 fully saturated rings. The van der Waals surface area contributed by atoms with Crippen LogP contribution in [0.2, 0.25) is 5.02 Å². The zero-order valence-corrected chi connectivity index (χ0v) is 19.1. The number of hydrogen-bond donors (Lipinski definition) is 1. The maximum absolute atomic E-state index is 13.4. The first-order valence-corrected chi connectivity index (χ1v) is 12.2. The Labute approximate surface area is 192 Å². The largest absolute Gasteiger partial charge is 0.416 e. The van der Waals surface area contributed by atoms with Crippen LogP contribution in [0.15, 0.2) is 47.5 Å². The number of rotatable bonds is 6. The summed E-state index contributed by atoms with van der Waals surface area (Å²) < 4.78 is 42.2. The van der Waals surface area contributed by atoms with E-state index >= 15 is 0 Å². The summed E-state index contributed by atoms with van der Waals surface area (Å²) in [5.41, 5.74) is 1.25. The van der Waals surface area contributed by atoms with E-state index in [0.29, 0.717) is 4.71 Å². The molecular formula is C22H21ClF3N3S2. The second-order valence-corrected chi connectivity index (χ2v) is 10.4. The van der Waals surface area contributed by atoms with Crippen LogP contribution in [0.25, 0.3) is 17.0 Å². The highest BCUT2D eigenvalue weighted by atomic mass is 35.5. The minimum absolute atomic E-state index is 0.0199. The number of hydrogen-bond acceptors (Lipinski definition) is 4. The molecule has 164 valence electrons. The molecule has 1 N–H and O–H groups in total. The van der Waals surface area contributed by atoms with Gasteiger partial charge < -0.3 is 0 Å². The van der Waals surface area contributed by atoms with Crippen LogP contribution >= 0.6 is 35.1 Å². The molecule has 0 bridgehead atoms. The summed E-state index contributed by atoms with van der Waals surface area (Å²) in [4.78, 5) is 1.27. The van der Waals surface area contributed by atoms with Crippen molar-refractivity contribution in [1.82, 2.24) is 15.1 Å². The van der Waals surface area contributed by atoms with Gasteiger partial charge in [0.05, 0.1) is 23.8 Å². The van der Waals surface area contributed by atoms with Crippen LogP contribution in [0, 0.1) is 0 Å². The van der Waals surface area contributed by atoms with Gasteiger partial charge in [-0.1, -0.05) is 42.4 Å². The van der Waals surface area contributed by atoms with Gasteiger partial charge in [0.1, 0.15) is 4.71 Å². The first-order chi connectivity index (χ1) is 14.8. The molecule has 1 aliphatic heterocycles. The summed E-state index contributed by atoms with van der Waals surface area (Å²) in [6, 6.07) is 9.76. The Balaban J connectivity index is 1.55. The number of alkyl halides is 3. The molecule has 1 atom stereocenters. The summed E-state index contributed by atoms with van der Waals surface area (Å²) in [5, 5.41) is 8.78. The van der Waals surface area contributed by atoms with Crippen molar-refractivity contribution in [3.8, 4) is 0 Å². The third-order valence-electron chi connectivity index (χ3n) is 4.87. The lowest BCUT2D eigenvalue weighted by Gasteiger charge is -2.14. The summed E-state index contributed by atoms with van der Waals surface area (Å²) in [6.45, 7) is 3.04. The average molecular weight is 484 g/mol. The first kappa shape index (κ1) is 22.6. The van der Waals surface area contributed by atoms with Gasteiger partial charge in [-0.25, -0.2) is 0 Å². The molecule has 4 rings (SSSR count). The number of nitrogens with one attached hydrogen (secondary N) is 1. The molecule has 0 aliphatic carbocycles. The molecular weight excluding hydrogens is 463 g/mol. The van der Waals surface area contributed by atoms with Gasteiger partial charge in [-0.2, -0.15) is 18.3 Å². The first-order valence-electron chi connectivity index (χ1n) is 9.87. The highest BCUT2D eigenvalue weighted by molar-refractivity contribution is 8.19. The lowest BCUT2D eigenvalue weighted by Crippen LogP contribution is -2.15. The summed E-state index contributed by atoms with van der Waals surface area (Å²) in [7, 11) is 0. The Hall–Kier alpha value is -1.61. The zero-order chi connectivity index (χ0) is 22.0. The lowest BCUT2D eigenvalue weighted by atomic mass is 10.1. The van der Waals surface area contributed by atoms with Gasteiger partial charge in [-0.3, -0.25) is 10.00 Å². The fraction of sp³-hybridized carbons (Fsp3) is 0.318. The van der Waals surface area contributed by atoms with Crippen LogP contribution in [0.4, 0.5) is 13.2 Å². The van der Waals surface area contributed by atoms with E-state index < -0.39 is 11.7 Å². The molecule has 2 heterocycles. The second-order valence-electron chi connectivity index (χ2n) is 7.23. The van der Waals surface area contributed by atoms with Crippen molar-refractivity contribution in [3.05, 3.63) is 69.2 Å². The number of nitrogens with zero attached hydrogens (tertiary/aromatic N) is 2. The average Bonchev–Trinajstić information content (AvgIpc) is 3.33. The molecule has 3 nitrogen and oxygen atoms in total. The van der Waals surface area contributed by atoms with Crippen molar-refractivity contribution >= 4 is 52.1 Å². The Morgan fingerprint density at radius 1 is 1.29 bits per heavy atom. The van der Waals surface area contributed by atoms with Gasteiger partial charge in [0.2, 0.25) is 0 Å². The van der Waals surface area contributed by atoms with Crippen molar-refractivity contribution in [2.45, 2.75) is 30.8 Å². The molecule has 1 unspecified atom stereocenters. The van der Waals surface area contributed by atoms with Crippen LogP contribution in [0.5, 0.6) is 0 Å². The molecule has 1 saturated heterocycles. The molecule has 0 amide bonds. The number of thioether (sulfide) groups is 2. The van der Waals surface area contributed by atoms with E-state index in [1.165, 1.54) is 17.0 Å². The SMILES string of the molecule is CCCSC1NCC(=Cc2ccc3c(cnn3Cc3ccc(Cl)cc3C(F)(F)F)c2)S1. The van der Waals surface area contributed by atoms with Crippen LogP contribution in [-0.2, 0) is 12.7 Å². The molecule has 1 aliphatic rings. The second kappa shape index (κ2) is 9.48. The predicted molar refractivity (Wildman–Crippen MR) is 125 cm³/mol. The van der Waals surface area contributed by atoms with Crippen molar-refractivity contribution < 1.29 is 13.2 Å². The van der Waals surface area contributed by atoms with E-state index in [1.807, 2.05) is 41.7 Å². The Kier molecular flexibility index (Phi) is 6.91. The Bertz CT molecular complexity index is 1110. The molecule has 0 radical (unpaired) electrons. The molecule has 9 heteroatoms. The Morgan fingerprint density at radius 3 is 2.90 bits per heavy atom. The van der Waals surface area contributed by atoms with Crippen LogP contribution in [0.1, 0.15) is 30.0 Å². The van der Waals surface area contributed by atoms with E-state index in [4.69, 9.17) is 11.6 Å². The van der Waals surface area contributed by atoms with Gasteiger partial charge in [0, 0.05) is 21.9 Å². The minimum atomic E-state index is -4.47. The van der Waals surface area contributed by atoms with Crippen LogP contribution in [-0.4, -0.2) is 26.8 Å². The normalized spacial score (nSPS) is 18.4. The molecule has 0 spiro atoms.